The molecule has 21 heavy (non-hydrogen) atoms. The number of rotatable bonds is 5. The van der Waals surface area contributed by atoms with Crippen molar-refractivity contribution in [3.8, 4) is 0 Å². The number of amides is 1. The summed E-state index contributed by atoms with van der Waals surface area (Å²) in [4.78, 5) is 18.4. The van der Waals surface area contributed by atoms with Crippen molar-refractivity contribution in [2.24, 2.45) is 11.7 Å². The first-order valence-corrected chi connectivity index (χ1v) is 7.90. The van der Waals surface area contributed by atoms with Crippen molar-refractivity contribution in [3.63, 3.8) is 0 Å². The molecule has 1 saturated heterocycles. The second kappa shape index (κ2) is 7.41. The molecule has 0 aliphatic carbocycles. The highest BCUT2D eigenvalue weighted by Gasteiger charge is 2.27. The summed E-state index contributed by atoms with van der Waals surface area (Å²) in [5.41, 5.74) is 7.48. The molecule has 2 rings (SSSR count). The van der Waals surface area contributed by atoms with Gasteiger partial charge < -0.3 is 16.0 Å². The number of carbonyl (C=O) groups excluding carboxylic acids is 1. The first-order valence-electron chi connectivity index (χ1n) is 7.90. The molecule has 0 radical (unpaired) electrons. The first kappa shape index (κ1) is 15.8. The fourth-order valence-corrected chi connectivity index (χ4v) is 3.04. The van der Waals surface area contributed by atoms with Gasteiger partial charge in [-0.25, -0.2) is 0 Å². The van der Waals surface area contributed by atoms with Crippen molar-refractivity contribution in [1.82, 2.24) is 10.3 Å². The molecule has 2 unspecified atom stereocenters. The van der Waals surface area contributed by atoms with Crippen LogP contribution in [0, 0.1) is 5.92 Å². The molecule has 1 aromatic heterocycles. The smallest absolute Gasteiger partial charge is 0.269 e. The van der Waals surface area contributed by atoms with Crippen molar-refractivity contribution < 1.29 is 4.79 Å². The van der Waals surface area contributed by atoms with Gasteiger partial charge in [0, 0.05) is 37.6 Å². The summed E-state index contributed by atoms with van der Waals surface area (Å²) in [5.74, 6) is 0.645. The summed E-state index contributed by atoms with van der Waals surface area (Å²) in [7, 11) is 0. The number of piperidine rings is 1. The Balaban J connectivity index is 2.17. The lowest BCUT2D eigenvalue weighted by atomic mass is 9.88. The van der Waals surface area contributed by atoms with Gasteiger partial charge in [-0.05, 0) is 37.8 Å². The number of nitrogens with two attached hydrogens (primary N) is 1. The molecule has 3 N–H and O–H groups in total. The maximum atomic E-state index is 11.9. The molecule has 0 spiro atoms. The molecule has 0 bridgehead atoms. The molecule has 5 heteroatoms. The van der Waals surface area contributed by atoms with Crippen LogP contribution < -0.4 is 16.0 Å². The Morgan fingerprint density at radius 1 is 1.52 bits per heavy atom. The predicted octanol–water partition coefficient (Wildman–Crippen LogP) is 1.78. The average molecular weight is 290 g/mol. The Labute approximate surface area is 126 Å². The van der Waals surface area contributed by atoms with E-state index in [1.807, 2.05) is 19.1 Å². The second-order valence-corrected chi connectivity index (χ2v) is 5.64. The zero-order chi connectivity index (χ0) is 15.2. The Morgan fingerprint density at radius 3 is 3.00 bits per heavy atom. The molecule has 0 aromatic carbocycles. The van der Waals surface area contributed by atoms with Gasteiger partial charge in [0.1, 0.15) is 5.69 Å². The van der Waals surface area contributed by atoms with Gasteiger partial charge in [-0.3, -0.25) is 9.78 Å². The molecule has 2 heterocycles. The number of hydrogen-bond acceptors (Lipinski definition) is 4. The van der Waals surface area contributed by atoms with Crippen LogP contribution in [0.3, 0.4) is 0 Å². The first-order chi connectivity index (χ1) is 10.2. The van der Waals surface area contributed by atoms with Gasteiger partial charge in [-0.1, -0.05) is 13.3 Å². The fourth-order valence-electron chi connectivity index (χ4n) is 3.04. The highest BCUT2D eigenvalue weighted by atomic mass is 16.1. The maximum Gasteiger partial charge on any atom is 0.269 e. The minimum atomic E-state index is -0.118. The van der Waals surface area contributed by atoms with E-state index in [0.717, 1.165) is 24.6 Å². The van der Waals surface area contributed by atoms with Crippen molar-refractivity contribution in [1.29, 1.82) is 0 Å². The fraction of sp³-hybridized carbons (Fsp3) is 0.625. The minimum absolute atomic E-state index is 0.118. The van der Waals surface area contributed by atoms with Crippen LogP contribution in [0.1, 0.15) is 43.6 Å². The molecule has 2 atom stereocenters. The van der Waals surface area contributed by atoms with E-state index in [1.165, 1.54) is 12.8 Å². The van der Waals surface area contributed by atoms with E-state index in [2.05, 4.69) is 22.1 Å². The largest absolute Gasteiger partial charge is 0.367 e. The molecule has 0 saturated carbocycles. The minimum Gasteiger partial charge on any atom is -0.367 e. The van der Waals surface area contributed by atoms with E-state index in [-0.39, 0.29) is 5.91 Å². The van der Waals surface area contributed by atoms with E-state index in [0.29, 0.717) is 24.8 Å². The van der Waals surface area contributed by atoms with Gasteiger partial charge in [-0.15, -0.1) is 0 Å². The van der Waals surface area contributed by atoms with Crippen LogP contribution in [0.2, 0.25) is 0 Å². The molecule has 116 valence electrons. The molecule has 1 aliphatic rings. The quantitative estimate of drug-likeness (QED) is 0.867. The van der Waals surface area contributed by atoms with Crippen LogP contribution in [0.5, 0.6) is 0 Å². The van der Waals surface area contributed by atoms with Crippen LogP contribution >= 0.6 is 0 Å². The summed E-state index contributed by atoms with van der Waals surface area (Å²) in [6.45, 7) is 6.40. The Kier molecular flexibility index (Phi) is 5.56. The number of carbonyl (C=O) groups is 1. The summed E-state index contributed by atoms with van der Waals surface area (Å²) in [6.07, 6.45) is 5.24. The summed E-state index contributed by atoms with van der Waals surface area (Å²) >= 11 is 0. The highest BCUT2D eigenvalue weighted by molar-refractivity contribution is 5.93. The SMILES string of the molecule is CCNC(=O)c1cc(N2CCC(CC)CC2CN)ccn1. The monoisotopic (exact) mass is 290 g/mol. The topological polar surface area (TPSA) is 71.2 Å². The van der Waals surface area contributed by atoms with Gasteiger partial charge in [0.05, 0.1) is 0 Å². The normalized spacial score (nSPS) is 22.1. The van der Waals surface area contributed by atoms with Gasteiger partial charge >= 0.3 is 0 Å². The molecule has 5 nitrogen and oxygen atoms in total. The Morgan fingerprint density at radius 2 is 2.33 bits per heavy atom. The molecular formula is C16H26N4O. The highest BCUT2D eigenvalue weighted by Crippen LogP contribution is 2.29. The molecule has 1 aliphatic heterocycles. The van der Waals surface area contributed by atoms with Gasteiger partial charge in [0.25, 0.3) is 5.91 Å². The van der Waals surface area contributed by atoms with Gasteiger partial charge in [0.2, 0.25) is 0 Å². The zero-order valence-electron chi connectivity index (χ0n) is 13.0. The third-order valence-corrected chi connectivity index (χ3v) is 4.32. The van der Waals surface area contributed by atoms with E-state index < -0.39 is 0 Å². The second-order valence-electron chi connectivity index (χ2n) is 5.64. The van der Waals surface area contributed by atoms with Gasteiger partial charge in [0.15, 0.2) is 0 Å². The number of anilines is 1. The number of nitrogens with one attached hydrogen (secondary N) is 1. The lowest BCUT2D eigenvalue weighted by Crippen LogP contribution is -2.46. The number of pyridine rings is 1. The van der Waals surface area contributed by atoms with Gasteiger partial charge in [-0.2, -0.15) is 0 Å². The van der Waals surface area contributed by atoms with E-state index in [1.54, 1.807) is 6.20 Å². The standard InChI is InChI=1S/C16H26N4O/c1-3-12-6-8-20(14(9-12)11-17)13-5-7-19-15(10-13)16(21)18-4-2/h5,7,10,12,14H,3-4,6,8-9,11,17H2,1-2H3,(H,18,21). The van der Waals surface area contributed by atoms with Crippen LogP contribution in [-0.2, 0) is 0 Å². The van der Waals surface area contributed by atoms with Crippen molar-refractivity contribution in [2.45, 2.75) is 39.2 Å². The molecule has 1 aromatic rings. The number of hydrogen-bond donors (Lipinski definition) is 2. The molecule has 1 fully saturated rings. The van der Waals surface area contributed by atoms with Crippen LogP contribution in [-0.4, -0.2) is 36.6 Å². The summed E-state index contributed by atoms with van der Waals surface area (Å²) in [6, 6.07) is 4.20. The third-order valence-electron chi connectivity index (χ3n) is 4.32. The van der Waals surface area contributed by atoms with Crippen LogP contribution in [0.4, 0.5) is 5.69 Å². The van der Waals surface area contributed by atoms with Crippen molar-refractivity contribution >= 4 is 11.6 Å². The lowest BCUT2D eigenvalue weighted by molar-refractivity contribution is 0.0951. The Bertz CT molecular complexity index is 477. The van der Waals surface area contributed by atoms with Crippen LogP contribution in [0.15, 0.2) is 18.3 Å². The predicted molar refractivity (Wildman–Crippen MR) is 85.4 cm³/mol. The third kappa shape index (κ3) is 3.73. The maximum absolute atomic E-state index is 11.9. The summed E-state index contributed by atoms with van der Waals surface area (Å²) < 4.78 is 0. The Hall–Kier alpha value is -1.62. The van der Waals surface area contributed by atoms with E-state index >= 15 is 0 Å². The molecule has 1 amide bonds. The van der Waals surface area contributed by atoms with Crippen molar-refractivity contribution in [2.75, 3.05) is 24.5 Å². The van der Waals surface area contributed by atoms with E-state index in [9.17, 15) is 4.79 Å². The summed E-state index contributed by atoms with van der Waals surface area (Å²) in [5, 5.41) is 2.79. The average Bonchev–Trinajstić information content (AvgIpc) is 2.54. The van der Waals surface area contributed by atoms with Crippen molar-refractivity contribution in [3.05, 3.63) is 24.0 Å². The van der Waals surface area contributed by atoms with E-state index in [4.69, 9.17) is 5.73 Å². The lowest BCUT2D eigenvalue weighted by Gasteiger charge is -2.40. The van der Waals surface area contributed by atoms with Crippen LogP contribution in [0.25, 0.3) is 0 Å². The zero-order valence-corrected chi connectivity index (χ0v) is 13.0. The number of nitrogens with zero attached hydrogens (tertiary/aromatic N) is 2. The number of aromatic nitrogens is 1. The molecular weight excluding hydrogens is 264 g/mol.